The van der Waals surface area contributed by atoms with Crippen molar-refractivity contribution in [1.82, 2.24) is 27.1 Å². The van der Waals surface area contributed by atoms with Gasteiger partial charge in [-0.3, -0.25) is 0 Å². The lowest BCUT2D eigenvalue weighted by atomic mass is 10.2. The van der Waals surface area contributed by atoms with Gasteiger partial charge in [0.05, 0.1) is 25.3 Å². The van der Waals surface area contributed by atoms with Crippen molar-refractivity contribution >= 4 is 51.1 Å². The van der Waals surface area contributed by atoms with E-state index in [0.29, 0.717) is 0 Å². The first-order valence-electron chi connectivity index (χ1n) is 12.3. The van der Waals surface area contributed by atoms with Crippen molar-refractivity contribution < 1.29 is 40.6 Å². The fraction of sp³-hybridized carbons (Fsp3) is 0.478. The Balaban J connectivity index is 0.000000542. The van der Waals surface area contributed by atoms with E-state index in [1.54, 1.807) is 7.11 Å². The molecule has 21 heteroatoms. The van der Waals surface area contributed by atoms with Gasteiger partial charge in [-0.15, -0.1) is 0 Å². The van der Waals surface area contributed by atoms with Crippen molar-refractivity contribution in [2.75, 3.05) is 27.9 Å². The second kappa shape index (κ2) is 26.4. The molecular formula is C23H30F6N6O3P6. The summed E-state index contributed by atoms with van der Waals surface area (Å²) in [7, 11) is 9.39. The molecule has 242 valence electrons. The zero-order valence-electron chi connectivity index (χ0n) is 24.0. The lowest BCUT2D eigenvalue weighted by Crippen LogP contribution is -2.04. The number of unbranched alkanes of at least 4 members (excludes halogenated alkanes) is 3. The van der Waals surface area contributed by atoms with Crippen LogP contribution < -0.4 is 9.47 Å². The topological polar surface area (TPSA) is 105 Å². The number of ether oxygens (including phenoxy) is 3. The normalized spacial score (nSPS) is 11.2. The maximum atomic E-state index is 12.0. The molecule has 2 aromatic heterocycles. The monoisotopic (exact) mass is 738 g/mol. The quantitative estimate of drug-likeness (QED) is 0.135. The lowest BCUT2D eigenvalue weighted by Gasteiger charge is -2.07. The summed E-state index contributed by atoms with van der Waals surface area (Å²) in [6, 6.07) is 9.47. The number of alkyl halides is 6. The van der Waals surface area contributed by atoms with Crippen molar-refractivity contribution in [3.63, 3.8) is 0 Å². The molecule has 0 bridgehead atoms. The average molecular weight is 738 g/mol. The molecule has 0 aliphatic carbocycles. The van der Waals surface area contributed by atoms with Gasteiger partial charge in [0.1, 0.15) is 11.5 Å². The summed E-state index contributed by atoms with van der Waals surface area (Å²) >= 11 is 0. The van der Waals surface area contributed by atoms with Gasteiger partial charge in [0.15, 0.2) is 51.1 Å². The Bertz CT molecular complexity index is 1080. The van der Waals surface area contributed by atoms with Crippen LogP contribution in [0.1, 0.15) is 43.7 Å². The van der Waals surface area contributed by atoms with Crippen molar-refractivity contribution in [2.24, 2.45) is 0 Å². The molecule has 0 fully saturated rings. The van der Waals surface area contributed by atoms with E-state index < -0.39 is 23.5 Å². The Hall–Kier alpha value is -1.82. The lowest BCUT2D eigenvalue weighted by molar-refractivity contribution is -0.138. The van der Waals surface area contributed by atoms with Crippen LogP contribution in [0.15, 0.2) is 48.5 Å². The highest BCUT2D eigenvalue weighted by atomic mass is 31.1. The smallest absolute Gasteiger partial charge is 0.416 e. The second-order valence-electron chi connectivity index (χ2n) is 7.59. The Labute approximate surface area is 262 Å². The molecule has 0 spiro atoms. The van der Waals surface area contributed by atoms with Crippen LogP contribution in [0.2, 0.25) is 0 Å². The number of rotatable bonds is 7. The highest BCUT2D eigenvalue weighted by molar-refractivity contribution is 7.44. The van der Waals surface area contributed by atoms with Crippen LogP contribution >= 0.6 is 51.1 Å². The fourth-order valence-corrected chi connectivity index (χ4v) is 6.14. The van der Waals surface area contributed by atoms with Crippen LogP contribution in [0.5, 0.6) is 11.5 Å². The van der Waals surface area contributed by atoms with Gasteiger partial charge < -0.3 is 14.2 Å². The number of benzene rings is 2. The average Bonchev–Trinajstić information content (AvgIpc) is 3.05. The molecule has 0 atom stereocenters. The molecule has 9 nitrogen and oxygen atoms in total. The second-order valence-corrected chi connectivity index (χ2v) is 13.0. The van der Waals surface area contributed by atoms with Gasteiger partial charge in [0.25, 0.3) is 0 Å². The number of aromatic nitrogens is 6. The van der Waals surface area contributed by atoms with Crippen LogP contribution in [0.4, 0.5) is 26.3 Å². The minimum atomic E-state index is -4.30. The highest BCUT2D eigenvalue weighted by Gasteiger charge is 2.31. The molecule has 4 rings (SSSR count). The van der Waals surface area contributed by atoms with Gasteiger partial charge in [0, 0.05) is 13.7 Å². The van der Waals surface area contributed by atoms with E-state index in [0.717, 1.165) is 81.9 Å². The zero-order valence-corrected chi connectivity index (χ0v) is 29.4. The molecule has 2 aromatic carbocycles. The van der Waals surface area contributed by atoms with E-state index in [-0.39, 0.29) is 11.5 Å². The van der Waals surface area contributed by atoms with Gasteiger partial charge >= 0.3 is 12.4 Å². The largest absolute Gasteiger partial charge is 0.497 e. The summed E-state index contributed by atoms with van der Waals surface area (Å²) < 4.78 is 109. The minimum absolute atomic E-state index is 0.213. The Morgan fingerprint density at radius 1 is 0.568 bits per heavy atom. The number of hydrogen-bond donors (Lipinski definition) is 0. The standard InChI is InChI=1S/2C8H7F3O.C7H16O.2N3P3/c2*1-12-7-4-2-3-6(5-7)8(9,10)11;1-3-4-5-6-7-8-2;2*1-4-2-6-3-5-1/h2*2-5H,1H3;3-7H2,1-2H3;;. The van der Waals surface area contributed by atoms with E-state index in [9.17, 15) is 26.3 Å². The molecule has 4 aromatic rings. The summed E-state index contributed by atoms with van der Waals surface area (Å²) in [5.41, 5.74) is -1.39. The molecule has 0 aliphatic heterocycles. The van der Waals surface area contributed by atoms with E-state index >= 15 is 0 Å². The first kappa shape index (κ1) is 42.2. The molecule has 2 heterocycles. The molecule has 0 radical (unpaired) electrons. The van der Waals surface area contributed by atoms with E-state index in [1.165, 1.54) is 64.2 Å². The predicted molar refractivity (Wildman–Crippen MR) is 167 cm³/mol. The maximum absolute atomic E-state index is 12.0. The van der Waals surface area contributed by atoms with Crippen molar-refractivity contribution in [2.45, 2.75) is 45.0 Å². The zero-order chi connectivity index (χ0) is 33.1. The first-order chi connectivity index (χ1) is 21.0. The van der Waals surface area contributed by atoms with Crippen LogP contribution in [0.3, 0.4) is 0 Å². The van der Waals surface area contributed by atoms with Crippen molar-refractivity contribution in [3.05, 3.63) is 59.7 Å². The van der Waals surface area contributed by atoms with Crippen LogP contribution in [0, 0.1) is 0 Å². The molecule has 0 aliphatic rings. The van der Waals surface area contributed by atoms with Gasteiger partial charge in [-0.2, -0.15) is 53.4 Å². The van der Waals surface area contributed by atoms with Crippen molar-refractivity contribution in [1.29, 1.82) is 0 Å². The fourth-order valence-electron chi connectivity index (χ4n) is 2.49. The third-order valence-electron chi connectivity index (χ3n) is 4.48. The van der Waals surface area contributed by atoms with E-state index in [1.807, 2.05) is 0 Å². The Kier molecular flexibility index (Phi) is 25.3. The Morgan fingerprint density at radius 2 is 0.932 bits per heavy atom. The maximum Gasteiger partial charge on any atom is 0.416 e. The molecule has 0 unspecified atom stereocenters. The van der Waals surface area contributed by atoms with Crippen molar-refractivity contribution in [3.8, 4) is 11.5 Å². The van der Waals surface area contributed by atoms with Gasteiger partial charge in [-0.05, 0) is 42.8 Å². The summed E-state index contributed by atoms with van der Waals surface area (Å²) in [5.74, 6) is 0.426. The van der Waals surface area contributed by atoms with Gasteiger partial charge in [0.2, 0.25) is 0 Å². The predicted octanol–water partition coefficient (Wildman–Crippen LogP) is 10.9. The summed E-state index contributed by atoms with van der Waals surface area (Å²) in [6.07, 6.45) is -3.38. The van der Waals surface area contributed by atoms with Crippen LogP contribution in [0.25, 0.3) is 0 Å². The summed E-state index contributed by atoms with van der Waals surface area (Å²) in [4.78, 5) is 0. The number of hydrogen-bond acceptors (Lipinski definition) is 9. The molecule has 44 heavy (non-hydrogen) atoms. The third-order valence-corrected chi connectivity index (χ3v) is 8.32. The molecule has 0 amide bonds. The summed E-state index contributed by atoms with van der Waals surface area (Å²) in [5, 5.41) is 0. The van der Waals surface area contributed by atoms with Crippen LogP contribution in [-0.2, 0) is 17.1 Å². The number of methoxy groups -OCH3 is 3. The van der Waals surface area contributed by atoms with E-state index in [2.05, 4.69) is 43.5 Å². The van der Waals surface area contributed by atoms with Gasteiger partial charge in [-0.1, -0.05) is 38.3 Å². The SMILES string of the molecule is CCCCCCOC.COc1cccc(C(F)(F)F)c1.COc1cccc(C(F)(F)F)c1.n1pnpnp1.n1pnpnp1. The summed E-state index contributed by atoms with van der Waals surface area (Å²) in [6.45, 7) is 3.15. The molecule has 0 N–H and O–H groups in total. The van der Waals surface area contributed by atoms with Gasteiger partial charge in [-0.25, -0.2) is 0 Å². The molecule has 0 saturated heterocycles. The molecular weight excluding hydrogens is 708 g/mol. The number of halogens is 6. The minimum Gasteiger partial charge on any atom is -0.497 e. The Morgan fingerprint density at radius 3 is 1.18 bits per heavy atom. The molecule has 0 saturated carbocycles. The third kappa shape index (κ3) is 23.5. The first-order valence-corrected chi connectivity index (χ1v) is 17.1. The van der Waals surface area contributed by atoms with E-state index in [4.69, 9.17) is 4.74 Å². The number of nitrogens with zero attached hydrogens (tertiary/aromatic N) is 6. The highest BCUT2D eigenvalue weighted by Crippen LogP contribution is 2.32. The van der Waals surface area contributed by atoms with Crippen LogP contribution in [-0.4, -0.2) is 55.0 Å².